The molecule has 0 saturated carbocycles. The van der Waals surface area contributed by atoms with Crippen molar-refractivity contribution >= 4 is 6.08 Å². The molecule has 1 rings (SSSR count). The van der Waals surface area contributed by atoms with Crippen LogP contribution in [0.25, 0.3) is 6.08 Å². The van der Waals surface area contributed by atoms with Crippen molar-refractivity contribution in [3.8, 4) is 6.07 Å². The molecule has 0 bridgehead atoms. The van der Waals surface area contributed by atoms with Crippen molar-refractivity contribution in [1.29, 1.82) is 5.26 Å². The van der Waals surface area contributed by atoms with E-state index in [0.29, 0.717) is 5.56 Å². The smallest absolute Gasteiger partial charge is 0.0997 e. The maximum absolute atomic E-state index is 9.00. The average molecular weight is 187 g/mol. The number of hydrogen-bond acceptors (Lipinski definition) is 2. The Bertz CT molecular complexity index is 368. The molecule has 1 aromatic rings. The lowest BCUT2D eigenvalue weighted by Gasteiger charge is -2.01. The molecule has 0 unspecified atom stereocenters. The molecule has 14 heavy (non-hydrogen) atoms. The summed E-state index contributed by atoms with van der Waals surface area (Å²) in [7, 11) is 0. The minimum atomic E-state index is 0.0518. The van der Waals surface area contributed by atoms with Crippen LogP contribution in [0.2, 0.25) is 0 Å². The Morgan fingerprint density at radius 3 is 2.79 bits per heavy atom. The summed E-state index contributed by atoms with van der Waals surface area (Å²) in [6.07, 6.45) is 2.68. The fraction of sp³-hybridized carbons (Fsp3) is 0.250. The Balaban J connectivity index is 3.08. The highest BCUT2D eigenvalue weighted by atomic mass is 16.3. The molecule has 0 saturated heterocycles. The number of aliphatic hydroxyl groups excluding tert-OH is 1. The molecule has 0 radical (unpaired) electrons. The maximum atomic E-state index is 9.00. The normalized spacial score (nSPS) is 11.1. The molecule has 1 aromatic carbocycles. The summed E-state index contributed by atoms with van der Waals surface area (Å²) < 4.78 is 0. The third-order valence-corrected chi connectivity index (χ3v) is 2.10. The van der Waals surface area contributed by atoms with Crippen molar-refractivity contribution in [2.45, 2.75) is 13.3 Å². The van der Waals surface area contributed by atoms with E-state index in [4.69, 9.17) is 10.4 Å². The van der Waals surface area contributed by atoms with E-state index in [1.165, 1.54) is 0 Å². The van der Waals surface area contributed by atoms with E-state index in [1.54, 1.807) is 6.07 Å². The van der Waals surface area contributed by atoms with Crippen molar-refractivity contribution < 1.29 is 5.11 Å². The monoisotopic (exact) mass is 187 g/mol. The van der Waals surface area contributed by atoms with Gasteiger partial charge in [-0.2, -0.15) is 5.26 Å². The Labute approximate surface area is 84.1 Å². The second kappa shape index (κ2) is 5.21. The highest BCUT2D eigenvalue weighted by molar-refractivity contribution is 5.60. The predicted octanol–water partition coefficient (Wildman–Crippen LogP) is 2.34. The maximum Gasteiger partial charge on any atom is 0.0997 e. The van der Waals surface area contributed by atoms with Crippen LogP contribution in [-0.4, -0.2) is 11.7 Å². The van der Waals surface area contributed by atoms with Crippen LogP contribution in [0, 0.1) is 11.3 Å². The minimum Gasteiger partial charge on any atom is -0.392 e. The van der Waals surface area contributed by atoms with Crippen LogP contribution in [0.3, 0.4) is 0 Å². The molecule has 0 heterocycles. The quantitative estimate of drug-likeness (QED) is 0.789. The first-order chi connectivity index (χ1) is 6.81. The summed E-state index contributed by atoms with van der Waals surface area (Å²) in [5.41, 5.74) is 2.46. The van der Waals surface area contributed by atoms with Crippen LogP contribution in [0.5, 0.6) is 0 Å². The Kier molecular flexibility index (Phi) is 3.90. The largest absolute Gasteiger partial charge is 0.392 e. The van der Waals surface area contributed by atoms with Gasteiger partial charge in [0, 0.05) is 0 Å². The highest BCUT2D eigenvalue weighted by Crippen LogP contribution is 2.13. The second-order valence-electron chi connectivity index (χ2n) is 3.01. The fourth-order valence-electron chi connectivity index (χ4n) is 1.20. The summed E-state index contributed by atoms with van der Waals surface area (Å²) >= 11 is 0. The predicted molar refractivity (Wildman–Crippen MR) is 56.5 cm³/mol. The molecule has 0 aliphatic rings. The third kappa shape index (κ3) is 2.45. The molecular formula is C12H13NO. The van der Waals surface area contributed by atoms with E-state index in [9.17, 15) is 0 Å². The standard InChI is InChI=1S/C12H13NO/c1-2-10(9-14)7-11-5-3-4-6-12(11)8-13/h3-7,14H,2,9H2,1H3/b10-7-. The Morgan fingerprint density at radius 2 is 2.21 bits per heavy atom. The minimum absolute atomic E-state index is 0.0518. The number of hydrogen-bond donors (Lipinski definition) is 1. The van der Waals surface area contributed by atoms with Crippen LogP contribution in [0.4, 0.5) is 0 Å². The first-order valence-corrected chi connectivity index (χ1v) is 4.61. The van der Waals surface area contributed by atoms with Gasteiger partial charge in [0.15, 0.2) is 0 Å². The van der Waals surface area contributed by atoms with Gasteiger partial charge < -0.3 is 5.11 Å². The van der Waals surface area contributed by atoms with Gasteiger partial charge in [-0.25, -0.2) is 0 Å². The third-order valence-electron chi connectivity index (χ3n) is 2.10. The van der Waals surface area contributed by atoms with Crippen molar-refractivity contribution in [1.82, 2.24) is 0 Å². The van der Waals surface area contributed by atoms with E-state index in [1.807, 2.05) is 31.2 Å². The van der Waals surface area contributed by atoms with Gasteiger partial charge in [0.25, 0.3) is 0 Å². The van der Waals surface area contributed by atoms with Crippen molar-refractivity contribution in [3.63, 3.8) is 0 Å². The summed E-state index contributed by atoms with van der Waals surface area (Å²) in [5.74, 6) is 0. The molecule has 0 aliphatic heterocycles. The van der Waals surface area contributed by atoms with E-state index >= 15 is 0 Å². The first-order valence-electron chi connectivity index (χ1n) is 4.61. The summed E-state index contributed by atoms with van der Waals surface area (Å²) in [4.78, 5) is 0. The van der Waals surface area contributed by atoms with Crippen molar-refractivity contribution in [3.05, 3.63) is 41.0 Å². The molecule has 1 N–H and O–H groups in total. The van der Waals surface area contributed by atoms with Crippen LogP contribution < -0.4 is 0 Å². The molecule has 0 fully saturated rings. The molecule has 0 aromatic heterocycles. The number of nitriles is 1. The van der Waals surface area contributed by atoms with Crippen LogP contribution in [0.1, 0.15) is 24.5 Å². The summed E-state index contributed by atoms with van der Waals surface area (Å²) in [5, 5.41) is 17.8. The lowest BCUT2D eigenvalue weighted by Crippen LogP contribution is -1.89. The fourth-order valence-corrected chi connectivity index (χ4v) is 1.20. The Morgan fingerprint density at radius 1 is 1.50 bits per heavy atom. The molecule has 0 amide bonds. The molecule has 72 valence electrons. The molecule has 2 heteroatoms. The Hall–Kier alpha value is -1.59. The molecule has 0 spiro atoms. The van der Waals surface area contributed by atoms with Gasteiger partial charge in [0.1, 0.15) is 0 Å². The zero-order valence-electron chi connectivity index (χ0n) is 8.20. The number of rotatable bonds is 3. The second-order valence-corrected chi connectivity index (χ2v) is 3.01. The van der Waals surface area contributed by atoms with Gasteiger partial charge in [0.05, 0.1) is 18.2 Å². The molecule has 2 nitrogen and oxygen atoms in total. The van der Waals surface area contributed by atoms with Crippen LogP contribution >= 0.6 is 0 Å². The van der Waals surface area contributed by atoms with Crippen molar-refractivity contribution in [2.24, 2.45) is 0 Å². The summed E-state index contributed by atoms with van der Waals surface area (Å²) in [6, 6.07) is 9.50. The van der Waals surface area contributed by atoms with E-state index in [-0.39, 0.29) is 6.61 Å². The SMILES string of the molecule is CC/C(=C/c1ccccc1C#N)CO. The van der Waals surface area contributed by atoms with Gasteiger partial charge in [-0.3, -0.25) is 0 Å². The lowest BCUT2D eigenvalue weighted by atomic mass is 10.0. The lowest BCUT2D eigenvalue weighted by molar-refractivity contribution is 0.329. The molecular weight excluding hydrogens is 174 g/mol. The van der Waals surface area contributed by atoms with E-state index in [2.05, 4.69) is 6.07 Å². The van der Waals surface area contributed by atoms with Gasteiger partial charge in [-0.05, 0) is 23.6 Å². The van der Waals surface area contributed by atoms with Crippen LogP contribution in [0.15, 0.2) is 29.8 Å². The molecule has 0 aliphatic carbocycles. The summed E-state index contributed by atoms with van der Waals surface area (Å²) in [6.45, 7) is 2.04. The van der Waals surface area contributed by atoms with Gasteiger partial charge in [-0.1, -0.05) is 31.2 Å². The average Bonchev–Trinajstić information content (AvgIpc) is 2.26. The molecule has 0 atom stereocenters. The zero-order valence-corrected chi connectivity index (χ0v) is 8.20. The number of nitrogens with zero attached hydrogens (tertiary/aromatic N) is 1. The van der Waals surface area contributed by atoms with Crippen molar-refractivity contribution in [2.75, 3.05) is 6.61 Å². The van der Waals surface area contributed by atoms with E-state index < -0.39 is 0 Å². The first kappa shape index (κ1) is 10.5. The van der Waals surface area contributed by atoms with Gasteiger partial charge >= 0.3 is 0 Å². The zero-order chi connectivity index (χ0) is 10.4. The van der Waals surface area contributed by atoms with Gasteiger partial charge in [0.2, 0.25) is 0 Å². The highest BCUT2D eigenvalue weighted by Gasteiger charge is 1.98. The van der Waals surface area contributed by atoms with Gasteiger partial charge in [-0.15, -0.1) is 0 Å². The topological polar surface area (TPSA) is 44.0 Å². The van der Waals surface area contributed by atoms with E-state index in [0.717, 1.165) is 17.6 Å². The number of aliphatic hydroxyl groups is 1. The number of benzene rings is 1. The van der Waals surface area contributed by atoms with Crippen LogP contribution in [-0.2, 0) is 0 Å².